The van der Waals surface area contributed by atoms with Gasteiger partial charge in [-0.2, -0.15) is 23.5 Å². The van der Waals surface area contributed by atoms with Crippen LogP contribution in [0.3, 0.4) is 0 Å². The van der Waals surface area contributed by atoms with Gasteiger partial charge in [-0.3, -0.25) is 43.2 Å². The molecule has 2 saturated heterocycles. The third-order valence-electron chi connectivity index (χ3n) is 18.0. The molecule has 97 heavy (non-hydrogen) atoms. The Morgan fingerprint density at radius 2 is 1.25 bits per heavy atom. The van der Waals surface area contributed by atoms with Crippen LogP contribution in [0, 0.1) is 11.6 Å². The number of unbranched alkanes of at least 4 members (excludes halogenated alkanes) is 1. The number of H-pyrrole nitrogens is 3. The normalized spacial score (nSPS) is 23.8. The highest BCUT2D eigenvalue weighted by molar-refractivity contribution is 7.98. The van der Waals surface area contributed by atoms with E-state index < -0.39 is 101 Å². The maximum atomic E-state index is 15.3. The van der Waals surface area contributed by atoms with Gasteiger partial charge in [-0.15, -0.1) is 0 Å². The van der Waals surface area contributed by atoms with Crippen molar-refractivity contribution >= 4 is 98.5 Å². The third kappa shape index (κ3) is 18.0. The fraction of sp³-hybridized carbons (Fsp3) is 0.420. The van der Waals surface area contributed by atoms with Gasteiger partial charge in [-0.05, 0) is 135 Å². The molecule has 28 heteroatoms. The summed E-state index contributed by atoms with van der Waals surface area (Å²) in [6.45, 7) is 3.95. The van der Waals surface area contributed by atoms with E-state index >= 15 is 14.4 Å². The van der Waals surface area contributed by atoms with E-state index in [1.807, 2.05) is 18.2 Å². The second-order valence-corrected chi connectivity index (χ2v) is 27.3. The Morgan fingerprint density at radius 1 is 0.639 bits per heavy atom. The minimum absolute atomic E-state index is 0.00661. The summed E-state index contributed by atoms with van der Waals surface area (Å²) in [5.41, 5.74) is 9.43. The molecule has 0 saturated carbocycles. The molecule has 2 bridgehead atoms. The molecule has 514 valence electrons. The average Bonchev–Trinajstić information content (AvgIpc) is 1.79. The second kappa shape index (κ2) is 32.6. The number of phenolic OH excluding ortho intramolecular Hbond substituents is 1. The molecule has 4 aromatic carbocycles. The predicted octanol–water partition coefficient (Wildman–Crippen LogP) is 4.35. The Morgan fingerprint density at radius 3 is 1.88 bits per heavy atom. The molecule has 13 N–H and O–H groups in total. The number of imidazole rings is 1. The van der Waals surface area contributed by atoms with Crippen LogP contribution in [0.15, 0.2) is 110 Å². The molecular weight excluding hydrogens is 1290 g/mol. The van der Waals surface area contributed by atoms with Crippen molar-refractivity contribution in [2.75, 3.05) is 37.7 Å². The molecule has 3 aliphatic rings. The molecule has 0 radical (unpaired) electrons. The van der Waals surface area contributed by atoms with Gasteiger partial charge in [0.1, 0.15) is 65.2 Å². The van der Waals surface area contributed by atoms with Gasteiger partial charge < -0.3 is 72.8 Å². The van der Waals surface area contributed by atoms with E-state index in [4.69, 9.17) is 5.73 Å². The van der Waals surface area contributed by atoms with Crippen LogP contribution in [0.4, 0.5) is 8.78 Å². The number of nitrogens with zero attached hydrogens (tertiary/aromatic N) is 3. The van der Waals surface area contributed by atoms with Crippen molar-refractivity contribution in [3.05, 3.63) is 155 Å². The summed E-state index contributed by atoms with van der Waals surface area (Å²) in [6.07, 6.45) is 7.44. The van der Waals surface area contributed by atoms with Crippen molar-refractivity contribution < 1.29 is 57.0 Å². The largest absolute Gasteiger partial charge is 0.508 e. The first-order chi connectivity index (χ1) is 46.7. The number of carbonyl (C=O) groups is 9. The van der Waals surface area contributed by atoms with E-state index in [9.17, 15) is 42.7 Å². The summed E-state index contributed by atoms with van der Waals surface area (Å²) in [7, 11) is 0. The lowest BCUT2D eigenvalue weighted by Gasteiger charge is -2.42. The summed E-state index contributed by atoms with van der Waals surface area (Å²) >= 11 is 3.16. The molecule has 0 aliphatic carbocycles. The lowest BCUT2D eigenvalue weighted by molar-refractivity contribution is -0.150. The van der Waals surface area contributed by atoms with Crippen molar-refractivity contribution in [1.82, 2.24) is 67.0 Å². The zero-order valence-electron chi connectivity index (χ0n) is 54.0. The Bertz CT molecular complexity index is 3980. The molecule has 7 aromatic rings. The number of aromatic amines is 3. The van der Waals surface area contributed by atoms with Crippen LogP contribution in [0.2, 0.25) is 0 Å². The third-order valence-corrected chi connectivity index (χ3v) is 20.1. The lowest BCUT2D eigenvalue weighted by atomic mass is 9.95. The SMILES string of the molecule is C[C@H]1NC(=O)[C@H](CCCCN)NC(=O)CCSCc2cccc(c2)CSCCNC(=O)[C@]2(C)CCCN2C(=O)[C@H](Cc2ccc(O)cc2)NC(=O)[C@H](Cc2cnc[nH]2)NC(=O)[C@@H]2CCN2C(=O)[C@H](Cc2c[nH]c3ccc(F)cc23)NC(=O)[C@H](Cc2c[nH]c3ccc(F)cc23)NC1=O. The van der Waals surface area contributed by atoms with Gasteiger partial charge >= 0.3 is 0 Å². The minimum atomic E-state index is -1.52. The molecule has 8 atom stereocenters. The number of carbonyl (C=O) groups excluding carboxylic acids is 9. The number of nitrogens with one attached hydrogen (secondary N) is 10. The number of rotatable bonds is 12. The van der Waals surface area contributed by atoms with Crippen LogP contribution in [0.5, 0.6) is 5.75 Å². The van der Waals surface area contributed by atoms with Crippen LogP contribution in [0.1, 0.15) is 92.3 Å². The van der Waals surface area contributed by atoms with E-state index in [2.05, 4.69) is 63.2 Å². The number of amides is 9. The quantitative estimate of drug-likeness (QED) is 0.0757. The number of aromatic nitrogens is 4. The van der Waals surface area contributed by atoms with E-state index in [0.29, 0.717) is 106 Å². The summed E-state index contributed by atoms with van der Waals surface area (Å²) in [5.74, 6) is -4.96. The van der Waals surface area contributed by atoms with Crippen LogP contribution in [-0.4, -0.2) is 174 Å². The van der Waals surface area contributed by atoms with Gasteiger partial charge in [-0.1, -0.05) is 36.4 Å². The molecule has 2 fully saturated rings. The maximum absolute atomic E-state index is 15.3. The van der Waals surface area contributed by atoms with Gasteiger partial charge in [0.2, 0.25) is 53.2 Å². The Kier molecular flexibility index (Phi) is 23.7. The van der Waals surface area contributed by atoms with E-state index in [1.54, 1.807) is 55.0 Å². The fourth-order valence-corrected chi connectivity index (χ4v) is 14.2. The number of benzene rings is 4. The summed E-state index contributed by atoms with van der Waals surface area (Å²) in [4.78, 5) is 148. The number of fused-ring (bicyclic) bond motifs is 6. The number of hydrogen-bond donors (Lipinski definition) is 12. The summed E-state index contributed by atoms with van der Waals surface area (Å²) in [5, 5.41) is 30.9. The van der Waals surface area contributed by atoms with Crippen molar-refractivity contribution in [2.24, 2.45) is 5.73 Å². The Labute approximate surface area is 567 Å². The first kappa shape index (κ1) is 70.5. The van der Waals surface area contributed by atoms with Crippen molar-refractivity contribution in [3.8, 4) is 5.75 Å². The molecule has 24 nitrogen and oxygen atoms in total. The van der Waals surface area contributed by atoms with E-state index in [-0.39, 0.29) is 75.6 Å². The molecule has 3 aromatic heterocycles. The van der Waals surface area contributed by atoms with Crippen LogP contribution >= 0.6 is 23.5 Å². The molecule has 3 aliphatic heterocycles. The maximum Gasteiger partial charge on any atom is 0.246 e. The van der Waals surface area contributed by atoms with E-state index in [0.717, 1.165) is 11.1 Å². The number of halogens is 2. The van der Waals surface area contributed by atoms with Crippen LogP contribution in [-0.2, 0) is 80.3 Å². The van der Waals surface area contributed by atoms with Crippen molar-refractivity contribution in [3.63, 3.8) is 0 Å². The lowest BCUT2D eigenvalue weighted by Crippen LogP contribution is -2.66. The van der Waals surface area contributed by atoms with Crippen molar-refractivity contribution in [2.45, 2.75) is 144 Å². The Hall–Kier alpha value is -9.28. The first-order valence-electron chi connectivity index (χ1n) is 32.6. The van der Waals surface area contributed by atoms with Crippen molar-refractivity contribution in [1.29, 1.82) is 0 Å². The first-order valence-corrected chi connectivity index (χ1v) is 35.0. The van der Waals surface area contributed by atoms with Gasteiger partial charge in [0.05, 0.1) is 6.33 Å². The number of phenols is 1. The molecule has 9 amide bonds. The van der Waals surface area contributed by atoms with Gasteiger partial charge in [0.25, 0.3) is 0 Å². The average molecular weight is 1370 g/mol. The highest BCUT2D eigenvalue weighted by Crippen LogP contribution is 2.32. The molecule has 6 heterocycles. The zero-order valence-corrected chi connectivity index (χ0v) is 55.6. The van der Waals surface area contributed by atoms with Crippen LogP contribution < -0.4 is 43.0 Å². The van der Waals surface area contributed by atoms with Crippen LogP contribution in [0.25, 0.3) is 21.8 Å². The molecule has 10 rings (SSSR count). The standard InChI is InChI=1S/C69H82F2N14O10S2/c1-40-61(88)80-55(29-44-34-75-52-16-12-46(70)31-50(44)52)63(90)83-58(30-45-35-76-53-17-13-47(71)32-51(45)53)66(93)84-24-18-59(84)65(92)81-56(33-48-36-73-39-77-48)64(91)82-57(28-41-10-14-49(86)15-11-41)67(94)85-23-6-20-69(85,2)68(95)74-22-26-97-38-43-8-5-7-42(27-43)37-96-25-19-60(87)79-54(62(89)78-40)9-3-4-21-72/h5,7-8,10-17,27,31-32,34-36,39-40,54-59,75-76,86H,3-4,6,9,18-26,28-30,33,37-38,72H2,1-2H3,(H,73,77)(H,74,95)(H,78,89)(H,79,87)(H,80,88)(H,81,92)(H,82,91)(H,83,90)/t40-,54+,55+,56+,57+,58+,59+,69+/m1/s1. The Balaban J connectivity index is 0.961. The van der Waals surface area contributed by atoms with Gasteiger partial charge in [-0.25, -0.2) is 13.8 Å². The zero-order chi connectivity index (χ0) is 68.8. The summed E-state index contributed by atoms with van der Waals surface area (Å²) < 4.78 is 29.9. The topological polar surface area (TPSA) is 351 Å². The van der Waals surface area contributed by atoms with Gasteiger partial charge in [0.15, 0.2) is 0 Å². The number of aromatic hydroxyl groups is 1. The second-order valence-electron chi connectivity index (χ2n) is 25.1. The number of thioether (sulfide) groups is 2. The summed E-state index contributed by atoms with van der Waals surface area (Å²) in [6, 6.07) is 12.9. The molecular formula is C69H82F2N14O10S2. The smallest absolute Gasteiger partial charge is 0.246 e. The fourth-order valence-electron chi connectivity index (χ4n) is 12.5. The number of nitrogens with two attached hydrogens (primary N) is 1. The molecule has 0 unspecified atom stereocenters. The van der Waals surface area contributed by atoms with Gasteiger partial charge in [0, 0.05) is 121 Å². The highest BCUT2D eigenvalue weighted by atomic mass is 32.2. The van der Waals surface area contributed by atoms with E-state index in [1.165, 1.54) is 77.8 Å². The molecule has 0 spiro atoms. The number of hydrogen-bond acceptors (Lipinski definition) is 14. The monoisotopic (exact) mass is 1370 g/mol. The minimum Gasteiger partial charge on any atom is -0.508 e. The highest BCUT2D eigenvalue weighted by Gasteiger charge is 2.48. The predicted molar refractivity (Wildman–Crippen MR) is 364 cm³/mol.